The van der Waals surface area contributed by atoms with Crippen LogP contribution in [0.2, 0.25) is 0 Å². The molecule has 0 saturated carbocycles. The summed E-state index contributed by atoms with van der Waals surface area (Å²) in [7, 11) is 0. The molecule has 0 bridgehead atoms. The largest absolute Gasteiger partial charge is 0.311 e. The van der Waals surface area contributed by atoms with E-state index in [0.717, 1.165) is 50.8 Å². The molecule has 0 radical (unpaired) electrons. The topological polar surface area (TPSA) is 32.3 Å². The SMILES string of the molecule is c1ccc(-c2cc(-c3ccccc3)nc(-c3cc4c5c(c3)N(c3ccccc3)c3cc6ccc7cccc8ccc(c3B5c3c(cc5ccc9cccc%10ccc3c5c9%10)N4c3ccccc3)c6c78)n2)cc1. The fraction of sp³-hybridized carbons (Fsp3) is 0. The summed E-state index contributed by atoms with van der Waals surface area (Å²) in [6.45, 7) is -0.149. The number of rotatable bonds is 5. The predicted octanol–water partition coefficient (Wildman–Crippen LogP) is 15.4. The van der Waals surface area contributed by atoms with Crippen molar-refractivity contribution in [3.05, 3.63) is 237 Å². The van der Waals surface area contributed by atoms with Crippen LogP contribution in [0.3, 0.4) is 0 Å². The summed E-state index contributed by atoms with van der Waals surface area (Å²) in [5, 5.41) is 15.3. The maximum absolute atomic E-state index is 5.49. The third-order valence-corrected chi connectivity index (χ3v) is 15.5. The van der Waals surface area contributed by atoms with Crippen molar-refractivity contribution in [2.24, 2.45) is 0 Å². The van der Waals surface area contributed by atoms with Crippen LogP contribution in [0.4, 0.5) is 34.1 Å². The van der Waals surface area contributed by atoms with Crippen molar-refractivity contribution in [1.82, 2.24) is 9.97 Å². The number of para-hydroxylation sites is 2. The minimum atomic E-state index is -0.149. The Morgan fingerprint density at radius 2 is 0.662 bits per heavy atom. The molecule has 326 valence electrons. The first-order chi connectivity index (χ1) is 35.2. The number of anilines is 6. The highest BCUT2D eigenvalue weighted by Gasteiger charge is 2.46. The van der Waals surface area contributed by atoms with E-state index >= 15 is 0 Å². The number of benzene rings is 13. The molecule has 4 nitrogen and oxygen atoms in total. The standard InChI is InChI=1S/C66H39BN4/c1-5-15-40(16-6-1)53-39-54(41-17-7-2-8-18-41)69-66(68-53)48-37-57-65-58(38-48)71(50-25-11-4-12-26-50)56-36-47-30-28-43-20-14-22-45-32-34-52(62(47)60(43)45)64(56)67(65)63-51-33-31-44-21-13-19-42-27-29-46(61(51)59(42)44)35-55(63)70(57)49-23-9-3-10-24-49/h1-39H. The van der Waals surface area contributed by atoms with E-state index < -0.39 is 0 Å². The Balaban J connectivity index is 1.09. The Bertz CT molecular complexity index is 4150. The van der Waals surface area contributed by atoms with E-state index in [1.54, 1.807) is 0 Å². The Labute approximate surface area is 410 Å². The maximum Gasteiger partial charge on any atom is 0.253 e. The van der Waals surface area contributed by atoms with Crippen LogP contribution in [0.25, 0.3) is 98.5 Å². The van der Waals surface area contributed by atoms with Gasteiger partial charge in [-0.05, 0) is 136 Å². The lowest BCUT2D eigenvalue weighted by molar-refractivity contribution is 1.18. The molecular formula is C66H39BN4. The second kappa shape index (κ2) is 14.6. The first kappa shape index (κ1) is 38.6. The van der Waals surface area contributed by atoms with Gasteiger partial charge in [-0.15, -0.1) is 0 Å². The minimum absolute atomic E-state index is 0.149. The van der Waals surface area contributed by atoms with Crippen LogP contribution >= 0.6 is 0 Å². The molecule has 13 aromatic carbocycles. The first-order valence-electron chi connectivity index (χ1n) is 24.5. The van der Waals surface area contributed by atoms with Crippen molar-refractivity contribution in [3.8, 4) is 33.9 Å². The molecule has 71 heavy (non-hydrogen) atoms. The highest BCUT2D eigenvalue weighted by Crippen LogP contribution is 2.50. The third kappa shape index (κ3) is 5.51. The van der Waals surface area contributed by atoms with Crippen molar-refractivity contribution < 1.29 is 0 Å². The van der Waals surface area contributed by atoms with E-state index in [9.17, 15) is 0 Å². The summed E-state index contributed by atoms with van der Waals surface area (Å²) in [6.07, 6.45) is 0. The molecule has 0 saturated heterocycles. The zero-order valence-electron chi connectivity index (χ0n) is 38.4. The van der Waals surface area contributed by atoms with E-state index in [1.807, 2.05) is 0 Å². The van der Waals surface area contributed by atoms with Crippen molar-refractivity contribution in [3.63, 3.8) is 0 Å². The smallest absolute Gasteiger partial charge is 0.253 e. The third-order valence-electron chi connectivity index (χ3n) is 15.5. The Morgan fingerprint density at radius 1 is 0.282 bits per heavy atom. The van der Waals surface area contributed by atoms with Crippen molar-refractivity contribution in [2.75, 3.05) is 9.80 Å². The average molecular weight is 899 g/mol. The number of aromatic nitrogens is 2. The molecule has 14 aromatic rings. The minimum Gasteiger partial charge on any atom is -0.311 e. The van der Waals surface area contributed by atoms with Crippen LogP contribution in [-0.2, 0) is 0 Å². The average Bonchev–Trinajstić information content (AvgIpc) is 3.45. The Kier molecular flexibility index (Phi) is 7.94. The fourth-order valence-corrected chi connectivity index (χ4v) is 12.5. The van der Waals surface area contributed by atoms with E-state index in [0.29, 0.717) is 5.82 Å². The van der Waals surface area contributed by atoms with E-state index in [-0.39, 0.29) is 6.71 Å². The number of fused-ring (bicyclic) bond motifs is 6. The van der Waals surface area contributed by atoms with Gasteiger partial charge >= 0.3 is 0 Å². The van der Waals surface area contributed by atoms with Crippen LogP contribution in [0, 0.1) is 0 Å². The molecule has 2 aliphatic heterocycles. The zero-order valence-corrected chi connectivity index (χ0v) is 38.4. The van der Waals surface area contributed by atoms with E-state index in [4.69, 9.17) is 9.97 Å². The summed E-state index contributed by atoms with van der Waals surface area (Å²) in [5.41, 5.74) is 15.4. The first-order valence-corrected chi connectivity index (χ1v) is 24.5. The van der Waals surface area contributed by atoms with Gasteiger partial charge in [0.05, 0.1) is 11.4 Å². The van der Waals surface area contributed by atoms with Gasteiger partial charge in [0.15, 0.2) is 5.82 Å². The lowest BCUT2D eigenvalue weighted by Gasteiger charge is -2.45. The van der Waals surface area contributed by atoms with Gasteiger partial charge in [0, 0.05) is 50.8 Å². The van der Waals surface area contributed by atoms with Crippen LogP contribution in [0.15, 0.2) is 237 Å². The van der Waals surface area contributed by atoms with Gasteiger partial charge in [-0.2, -0.15) is 0 Å². The molecule has 3 heterocycles. The van der Waals surface area contributed by atoms with Gasteiger partial charge in [-0.25, -0.2) is 9.97 Å². The monoisotopic (exact) mass is 898 g/mol. The lowest BCUT2D eigenvalue weighted by Crippen LogP contribution is -2.61. The second-order valence-electron chi connectivity index (χ2n) is 19.2. The lowest BCUT2D eigenvalue weighted by atomic mass is 9.32. The van der Waals surface area contributed by atoms with E-state index in [1.165, 1.54) is 92.4 Å². The summed E-state index contributed by atoms with van der Waals surface area (Å²) < 4.78 is 0. The zero-order chi connectivity index (χ0) is 46.3. The Hall–Kier alpha value is -9.32. The molecule has 1 aromatic heterocycles. The number of hydrogen-bond acceptors (Lipinski definition) is 4. The number of nitrogens with zero attached hydrogens (tertiary/aromatic N) is 4. The fourth-order valence-electron chi connectivity index (χ4n) is 12.5. The van der Waals surface area contributed by atoms with Crippen LogP contribution in [0.1, 0.15) is 0 Å². The number of hydrogen-bond donors (Lipinski definition) is 0. The molecule has 0 spiro atoms. The summed E-state index contributed by atoms with van der Waals surface area (Å²) in [4.78, 5) is 16.0. The highest BCUT2D eigenvalue weighted by molar-refractivity contribution is 7.03. The van der Waals surface area contributed by atoms with Gasteiger partial charge in [0.2, 0.25) is 0 Å². The molecule has 0 fully saturated rings. The highest BCUT2D eigenvalue weighted by atomic mass is 15.2. The molecule has 0 amide bonds. The molecule has 2 aliphatic rings. The van der Waals surface area contributed by atoms with Crippen LogP contribution in [0.5, 0.6) is 0 Å². The van der Waals surface area contributed by atoms with Crippen molar-refractivity contribution >= 4 is 122 Å². The molecule has 5 heteroatoms. The van der Waals surface area contributed by atoms with Crippen LogP contribution in [-0.4, -0.2) is 16.7 Å². The van der Waals surface area contributed by atoms with Gasteiger partial charge < -0.3 is 9.80 Å². The van der Waals surface area contributed by atoms with Gasteiger partial charge in [0.1, 0.15) is 0 Å². The summed E-state index contributed by atoms with van der Waals surface area (Å²) in [5.74, 6) is 0.671. The van der Waals surface area contributed by atoms with Crippen molar-refractivity contribution in [2.45, 2.75) is 0 Å². The molecule has 0 N–H and O–H groups in total. The normalized spacial score (nSPS) is 13.0. The quantitative estimate of drug-likeness (QED) is 0.127. The molecule has 0 aliphatic carbocycles. The van der Waals surface area contributed by atoms with Crippen molar-refractivity contribution in [1.29, 1.82) is 0 Å². The molecular weight excluding hydrogens is 860 g/mol. The predicted molar refractivity (Wildman–Crippen MR) is 300 cm³/mol. The van der Waals surface area contributed by atoms with Crippen LogP contribution < -0.4 is 26.2 Å². The summed E-state index contributed by atoms with van der Waals surface area (Å²) in [6, 6.07) is 87.0. The van der Waals surface area contributed by atoms with E-state index in [2.05, 4.69) is 246 Å². The van der Waals surface area contributed by atoms with Gasteiger partial charge in [0.25, 0.3) is 6.71 Å². The Morgan fingerprint density at radius 3 is 1.10 bits per heavy atom. The second-order valence-corrected chi connectivity index (χ2v) is 19.2. The molecule has 0 atom stereocenters. The van der Waals surface area contributed by atoms with Gasteiger partial charge in [-0.3, -0.25) is 0 Å². The molecule has 16 rings (SSSR count). The molecule has 0 unspecified atom stereocenters. The maximum atomic E-state index is 5.49. The van der Waals surface area contributed by atoms with Gasteiger partial charge in [-0.1, -0.05) is 182 Å². The summed E-state index contributed by atoms with van der Waals surface area (Å²) >= 11 is 0.